The van der Waals surface area contributed by atoms with Crippen molar-refractivity contribution in [2.45, 2.75) is 29.3 Å². The fourth-order valence-electron chi connectivity index (χ4n) is 2.90. The molecule has 2 N–H and O–H groups in total. The number of methoxy groups -OCH3 is 1. The first kappa shape index (κ1) is 25.7. The minimum absolute atomic E-state index is 0.0306. The molecule has 0 saturated carbocycles. The van der Waals surface area contributed by atoms with E-state index in [9.17, 15) is 10.1 Å². The number of anilines is 3. The number of rotatable bonds is 9. The van der Waals surface area contributed by atoms with Gasteiger partial charge in [-0.1, -0.05) is 30.0 Å². The van der Waals surface area contributed by atoms with Crippen LogP contribution < -0.4 is 15.4 Å². The highest BCUT2D eigenvalue weighted by Crippen LogP contribution is 2.31. The molecule has 0 radical (unpaired) electrons. The van der Waals surface area contributed by atoms with Crippen LogP contribution >= 0.6 is 11.8 Å². The lowest BCUT2D eigenvalue weighted by Gasteiger charge is -2.29. The summed E-state index contributed by atoms with van der Waals surface area (Å²) in [6.07, 6.45) is 3.32. The van der Waals surface area contributed by atoms with Crippen LogP contribution in [-0.2, 0) is 4.79 Å². The summed E-state index contributed by atoms with van der Waals surface area (Å²) in [7, 11) is 5.33. The molecule has 0 fully saturated rings. The number of likely N-dealkylation sites (N-methyl/N-ethyl adjacent to an activating group) is 1. The van der Waals surface area contributed by atoms with E-state index < -0.39 is 11.4 Å². The van der Waals surface area contributed by atoms with E-state index in [4.69, 9.17) is 4.74 Å². The summed E-state index contributed by atoms with van der Waals surface area (Å²) in [4.78, 5) is 24.7. The monoisotopic (exact) mass is 488 g/mol. The summed E-state index contributed by atoms with van der Waals surface area (Å²) >= 11 is 1.53. The Bertz CT molecular complexity index is 1250. The zero-order valence-corrected chi connectivity index (χ0v) is 21.2. The van der Waals surface area contributed by atoms with Crippen molar-refractivity contribution >= 4 is 35.0 Å². The molecule has 2 aromatic carbocycles. The quantitative estimate of drug-likeness (QED) is 0.243. The number of carbonyl (C=O) groups is 1. The number of hydrogen-bond acceptors (Lipinski definition) is 8. The first-order valence-electron chi connectivity index (χ1n) is 10.8. The molecule has 0 aliphatic rings. The zero-order chi connectivity index (χ0) is 25.4. The largest absolute Gasteiger partial charge is 0.495 e. The maximum Gasteiger partial charge on any atom is 0.266 e. The number of amides is 1. The fourth-order valence-corrected chi connectivity index (χ4v) is 3.70. The average Bonchev–Trinajstić information content (AvgIpc) is 2.83. The van der Waals surface area contributed by atoms with Gasteiger partial charge in [-0.25, -0.2) is 9.97 Å². The van der Waals surface area contributed by atoms with Crippen LogP contribution in [0.15, 0.2) is 82.4 Å². The summed E-state index contributed by atoms with van der Waals surface area (Å²) in [5.41, 5.74) is 0.637. The van der Waals surface area contributed by atoms with Crippen LogP contribution in [0.25, 0.3) is 0 Å². The standard InChI is InChI=1S/C26H28N6O2S/c1-26(2,32(3)4)16-18(17-27)24(33)29-19-11-12-22(34-5)21(15-19)30-25-28-14-13-23(31-25)35-20-9-7-6-8-10-20/h6-16H,1-5H3,(H,29,33)(H,28,30,31)/b18-16+. The summed E-state index contributed by atoms with van der Waals surface area (Å²) in [6, 6.07) is 18.9. The van der Waals surface area contributed by atoms with Gasteiger partial charge in [0.25, 0.3) is 5.91 Å². The molecule has 1 amide bonds. The van der Waals surface area contributed by atoms with Crippen molar-refractivity contribution in [2.75, 3.05) is 31.8 Å². The molecule has 3 aromatic rings. The number of nitriles is 1. The number of aromatic nitrogens is 2. The van der Waals surface area contributed by atoms with Crippen molar-refractivity contribution in [3.8, 4) is 11.8 Å². The highest BCUT2D eigenvalue weighted by atomic mass is 32.2. The van der Waals surface area contributed by atoms with Crippen LogP contribution in [0.5, 0.6) is 5.75 Å². The summed E-state index contributed by atoms with van der Waals surface area (Å²) in [5, 5.41) is 16.3. The Kier molecular flexibility index (Phi) is 8.47. The predicted octanol–water partition coefficient (Wildman–Crippen LogP) is 5.11. The maximum atomic E-state index is 12.8. The fraction of sp³-hybridized carbons (Fsp3) is 0.231. The number of nitrogens with zero attached hydrogens (tertiary/aromatic N) is 4. The number of nitrogens with one attached hydrogen (secondary N) is 2. The Morgan fingerprint density at radius 3 is 2.57 bits per heavy atom. The van der Waals surface area contributed by atoms with Crippen molar-refractivity contribution in [3.63, 3.8) is 0 Å². The van der Waals surface area contributed by atoms with E-state index in [-0.39, 0.29) is 5.57 Å². The highest BCUT2D eigenvalue weighted by molar-refractivity contribution is 7.99. The third kappa shape index (κ3) is 7.06. The minimum atomic E-state index is -0.490. The van der Waals surface area contributed by atoms with Crippen molar-refractivity contribution in [2.24, 2.45) is 0 Å². The summed E-state index contributed by atoms with van der Waals surface area (Å²) < 4.78 is 5.46. The summed E-state index contributed by atoms with van der Waals surface area (Å²) in [6.45, 7) is 3.86. The number of hydrogen-bond donors (Lipinski definition) is 2. The third-order valence-electron chi connectivity index (χ3n) is 5.31. The molecule has 3 rings (SSSR count). The minimum Gasteiger partial charge on any atom is -0.495 e. The van der Waals surface area contributed by atoms with Crippen LogP contribution in [0.4, 0.5) is 17.3 Å². The molecular formula is C26H28N6O2S. The van der Waals surface area contributed by atoms with Crippen LogP contribution in [0.3, 0.4) is 0 Å². The van der Waals surface area contributed by atoms with Gasteiger partial charge in [-0.3, -0.25) is 4.79 Å². The second-order valence-corrected chi connectivity index (χ2v) is 9.44. The Labute approximate surface area is 210 Å². The first-order chi connectivity index (χ1) is 16.7. The molecule has 9 heteroatoms. The molecule has 8 nitrogen and oxygen atoms in total. The Morgan fingerprint density at radius 1 is 1.17 bits per heavy atom. The van der Waals surface area contributed by atoms with Gasteiger partial charge in [0.15, 0.2) is 0 Å². The van der Waals surface area contributed by atoms with E-state index in [0.717, 1.165) is 9.92 Å². The number of carbonyl (C=O) groups excluding carboxylic acids is 1. The van der Waals surface area contributed by atoms with Crippen LogP contribution in [0.2, 0.25) is 0 Å². The average molecular weight is 489 g/mol. The van der Waals surface area contributed by atoms with Gasteiger partial charge in [0.2, 0.25) is 5.95 Å². The summed E-state index contributed by atoms with van der Waals surface area (Å²) in [5.74, 6) is 0.451. The van der Waals surface area contributed by atoms with Gasteiger partial charge >= 0.3 is 0 Å². The van der Waals surface area contributed by atoms with Gasteiger partial charge in [-0.15, -0.1) is 0 Å². The van der Waals surface area contributed by atoms with Gasteiger partial charge in [0.1, 0.15) is 22.4 Å². The molecule has 0 atom stereocenters. The van der Waals surface area contributed by atoms with E-state index in [1.165, 1.54) is 11.8 Å². The maximum absolute atomic E-state index is 12.8. The molecule has 0 aliphatic carbocycles. The number of ether oxygens (including phenoxy) is 1. The van der Waals surface area contributed by atoms with E-state index in [0.29, 0.717) is 23.1 Å². The topological polar surface area (TPSA) is 103 Å². The van der Waals surface area contributed by atoms with E-state index >= 15 is 0 Å². The second kappa shape index (κ2) is 11.5. The second-order valence-electron chi connectivity index (χ2n) is 8.35. The predicted molar refractivity (Wildman–Crippen MR) is 139 cm³/mol. The Hall–Kier alpha value is -3.87. The van der Waals surface area contributed by atoms with Crippen molar-refractivity contribution in [1.82, 2.24) is 14.9 Å². The smallest absolute Gasteiger partial charge is 0.266 e. The van der Waals surface area contributed by atoms with Gasteiger partial charge in [0.05, 0.1) is 12.8 Å². The molecule has 1 heterocycles. The van der Waals surface area contributed by atoms with Crippen molar-refractivity contribution in [3.05, 3.63) is 72.4 Å². The van der Waals surface area contributed by atoms with E-state index in [1.54, 1.807) is 37.6 Å². The van der Waals surface area contributed by atoms with Gasteiger partial charge < -0.3 is 20.3 Å². The Balaban J connectivity index is 1.81. The molecule has 0 spiro atoms. The molecule has 0 saturated heterocycles. The SMILES string of the molecule is COc1ccc(NC(=O)/C(C#N)=C/C(C)(C)N(C)C)cc1Nc1nccc(Sc2ccccc2)n1. The van der Waals surface area contributed by atoms with Gasteiger partial charge in [0, 0.05) is 22.3 Å². The normalized spacial score (nSPS) is 11.6. The van der Waals surface area contributed by atoms with Crippen molar-refractivity contribution < 1.29 is 9.53 Å². The lowest BCUT2D eigenvalue weighted by Crippen LogP contribution is -2.37. The highest BCUT2D eigenvalue weighted by Gasteiger charge is 2.21. The van der Waals surface area contributed by atoms with Crippen LogP contribution in [0.1, 0.15) is 13.8 Å². The molecule has 0 bridgehead atoms. The van der Waals surface area contributed by atoms with E-state index in [2.05, 4.69) is 20.6 Å². The van der Waals surface area contributed by atoms with Crippen molar-refractivity contribution in [1.29, 1.82) is 5.26 Å². The first-order valence-corrected chi connectivity index (χ1v) is 11.7. The molecular weight excluding hydrogens is 460 g/mol. The van der Waals surface area contributed by atoms with Gasteiger partial charge in [-0.05, 0) is 70.4 Å². The van der Waals surface area contributed by atoms with Gasteiger partial charge in [-0.2, -0.15) is 5.26 Å². The molecule has 0 aliphatic heterocycles. The lowest BCUT2D eigenvalue weighted by atomic mass is 10.00. The van der Waals surface area contributed by atoms with Crippen LogP contribution in [-0.4, -0.2) is 47.5 Å². The molecule has 1 aromatic heterocycles. The molecule has 0 unspecified atom stereocenters. The molecule has 35 heavy (non-hydrogen) atoms. The van der Waals surface area contributed by atoms with E-state index in [1.807, 2.05) is 75.3 Å². The van der Waals surface area contributed by atoms with Crippen LogP contribution in [0, 0.1) is 11.3 Å². The Morgan fingerprint density at radius 2 is 1.91 bits per heavy atom. The lowest BCUT2D eigenvalue weighted by molar-refractivity contribution is -0.112. The molecule has 180 valence electrons. The third-order valence-corrected chi connectivity index (χ3v) is 6.26. The number of benzene rings is 2. The zero-order valence-electron chi connectivity index (χ0n) is 20.4.